The summed E-state index contributed by atoms with van der Waals surface area (Å²) >= 11 is 0. The zero-order chi connectivity index (χ0) is 21.3. The summed E-state index contributed by atoms with van der Waals surface area (Å²) in [6.45, 7) is 0.631. The molecule has 3 aromatic carbocycles. The van der Waals surface area contributed by atoms with Gasteiger partial charge in [0, 0.05) is 6.54 Å². The quantitative estimate of drug-likeness (QED) is 0.449. The van der Waals surface area contributed by atoms with E-state index in [1.54, 1.807) is 6.21 Å². The molecule has 0 fully saturated rings. The van der Waals surface area contributed by atoms with E-state index in [0.717, 1.165) is 16.7 Å². The lowest BCUT2D eigenvalue weighted by atomic mass is 10.2. The van der Waals surface area contributed by atoms with Crippen LogP contribution in [0.1, 0.15) is 27.2 Å². The number of ether oxygens (including phenoxy) is 1. The fraction of sp³-hybridized carbons (Fsp3) is 0.0833. The van der Waals surface area contributed by atoms with E-state index in [1.165, 1.54) is 4.79 Å². The van der Waals surface area contributed by atoms with E-state index in [4.69, 9.17) is 4.74 Å². The van der Waals surface area contributed by atoms with Crippen molar-refractivity contribution in [2.45, 2.75) is 13.2 Å². The summed E-state index contributed by atoms with van der Waals surface area (Å²) in [7, 11) is 0. The Morgan fingerprint density at radius 3 is 2.19 bits per heavy atom. The van der Waals surface area contributed by atoms with Gasteiger partial charge in [-0.15, -0.1) is 5.10 Å². The number of amides is 1. The average Bonchev–Trinajstić information content (AvgIpc) is 3.24. The maximum Gasteiger partial charge on any atom is 0.277 e. The smallest absolute Gasteiger partial charge is 0.277 e. The first-order valence-corrected chi connectivity index (χ1v) is 9.83. The zero-order valence-electron chi connectivity index (χ0n) is 16.8. The minimum Gasteiger partial charge on any atom is -0.470 e. The van der Waals surface area contributed by atoms with Crippen molar-refractivity contribution in [1.29, 1.82) is 0 Å². The first-order chi connectivity index (χ1) is 15.3. The molecule has 0 bridgehead atoms. The van der Waals surface area contributed by atoms with Crippen molar-refractivity contribution < 1.29 is 9.53 Å². The number of hydrogen-bond donors (Lipinski definition) is 1. The van der Waals surface area contributed by atoms with Gasteiger partial charge in [-0.1, -0.05) is 95.8 Å². The SMILES string of the molecule is O=C(NCc1ccccc1)c1nnn(N=Cc2ccccc2)c1OCc1ccccc1. The van der Waals surface area contributed by atoms with Gasteiger partial charge in [-0.25, -0.2) is 0 Å². The van der Waals surface area contributed by atoms with Crippen LogP contribution in [0.5, 0.6) is 5.88 Å². The number of hydrogen-bond acceptors (Lipinski definition) is 5. The van der Waals surface area contributed by atoms with Crippen LogP contribution >= 0.6 is 0 Å². The van der Waals surface area contributed by atoms with E-state index in [1.807, 2.05) is 91.0 Å². The second kappa shape index (κ2) is 9.98. The van der Waals surface area contributed by atoms with Crippen LogP contribution in [0.25, 0.3) is 0 Å². The monoisotopic (exact) mass is 411 g/mol. The van der Waals surface area contributed by atoms with Gasteiger partial charge >= 0.3 is 0 Å². The number of benzene rings is 3. The fourth-order valence-corrected chi connectivity index (χ4v) is 2.86. The minimum absolute atomic E-state index is 0.0806. The minimum atomic E-state index is -0.381. The van der Waals surface area contributed by atoms with Crippen LogP contribution in [-0.4, -0.2) is 27.2 Å². The predicted octanol–water partition coefficient (Wildman–Crippen LogP) is 3.67. The Hall–Kier alpha value is -4.26. The average molecular weight is 411 g/mol. The molecule has 0 unspecified atom stereocenters. The highest BCUT2D eigenvalue weighted by Gasteiger charge is 2.21. The Morgan fingerprint density at radius 2 is 1.52 bits per heavy atom. The van der Waals surface area contributed by atoms with Crippen molar-refractivity contribution >= 4 is 12.1 Å². The van der Waals surface area contributed by atoms with Crippen molar-refractivity contribution in [3.8, 4) is 5.88 Å². The fourth-order valence-electron chi connectivity index (χ4n) is 2.86. The molecule has 154 valence electrons. The highest BCUT2D eigenvalue weighted by molar-refractivity contribution is 5.94. The van der Waals surface area contributed by atoms with Crippen molar-refractivity contribution in [3.63, 3.8) is 0 Å². The van der Waals surface area contributed by atoms with Crippen LogP contribution < -0.4 is 10.1 Å². The Labute approximate surface area is 180 Å². The van der Waals surface area contributed by atoms with Gasteiger partial charge in [0.1, 0.15) is 6.61 Å². The summed E-state index contributed by atoms with van der Waals surface area (Å²) in [6, 6.07) is 28.9. The molecule has 0 atom stereocenters. The molecule has 0 saturated carbocycles. The van der Waals surface area contributed by atoms with Gasteiger partial charge in [-0.05, 0) is 21.9 Å². The lowest BCUT2D eigenvalue weighted by molar-refractivity contribution is 0.0940. The third-order valence-electron chi connectivity index (χ3n) is 4.46. The van der Waals surface area contributed by atoms with E-state index >= 15 is 0 Å². The number of carbonyl (C=O) groups is 1. The van der Waals surface area contributed by atoms with Crippen molar-refractivity contribution in [3.05, 3.63) is 113 Å². The van der Waals surface area contributed by atoms with Crippen LogP contribution in [0.2, 0.25) is 0 Å². The molecular formula is C24H21N5O2. The molecule has 0 aliphatic carbocycles. The lowest BCUT2D eigenvalue weighted by Gasteiger charge is -2.08. The predicted molar refractivity (Wildman–Crippen MR) is 118 cm³/mol. The maximum absolute atomic E-state index is 12.8. The zero-order valence-corrected chi connectivity index (χ0v) is 16.8. The molecule has 31 heavy (non-hydrogen) atoms. The Morgan fingerprint density at radius 1 is 0.903 bits per heavy atom. The number of nitrogens with one attached hydrogen (secondary N) is 1. The molecule has 0 saturated heterocycles. The highest BCUT2D eigenvalue weighted by atomic mass is 16.5. The van der Waals surface area contributed by atoms with Gasteiger partial charge in [0.15, 0.2) is 0 Å². The number of rotatable bonds is 8. The largest absolute Gasteiger partial charge is 0.470 e. The standard InChI is InChI=1S/C24H21N5O2/c30-23(25-16-19-10-4-1-5-11-19)22-24(31-18-21-14-8-3-9-15-21)29(28-27-22)26-17-20-12-6-2-7-13-20/h1-15,17H,16,18H2,(H,25,30). The van der Waals surface area contributed by atoms with E-state index in [9.17, 15) is 4.79 Å². The first-order valence-electron chi connectivity index (χ1n) is 9.83. The summed E-state index contributed by atoms with van der Waals surface area (Å²) in [5, 5.41) is 15.2. The summed E-state index contributed by atoms with van der Waals surface area (Å²) in [6.07, 6.45) is 1.63. The van der Waals surface area contributed by atoms with Crippen LogP contribution in [0, 0.1) is 0 Å². The van der Waals surface area contributed by atoms with Crippen molar-refractivity contribution in [2.75, 3.05) is 0 Å². The molecule has 1 aromatic heterocycles. The van der Waals surface area contributed by atoms with Crippen LogP contribution in [-0.2, 0) is 13.2 Å². The second-order valence-corrected chi connectivity index (χ2v) is 6.73. The summed E-state index contributed by atoms with van der Waals surface area (Å²) in [5.41, 5.74) is 2.91. The molecular weight excluding hydrogens is 390 g/mol. The molecule has 1 heterocycles. The third kappa shape index (κ3) is 5.42. The van der Waals surface area contributed by atoms with Gasteiger partial charge in [-0.3, -0.25) is 4.79 Å². The Balaban J connectivity index is 1.55. The molecule has 7 heteroatoms. The highest BCUT2D eigenvalue weighted by Crippen LogP contribution is 2.18. The molecule has 0 aliphatic heterocycles. The molecule has 1 amide bonds. The van der Waals surface area contributed by atoms with E-state index < -0.39 is 0 Å². The summed E-state index contributed by atoms with van der Waals surface area (Å²) in [4.78, 5) is 14.0. The van der Waals surface area contributed by atoms with Crippen LogP contribution in [0.15, 0.2) is 96.1 Å². The topological polar surface area (TPSA) is 81.4 Å². The molecule has 0 aliphatic rings. The molecule has 4 rings (SSSR count). The van der Waals surface area contributed by atoms with Crippen LogP contribution in [0.3, 0.4) is 0 Å². The number of aromatic nitrogens is 3. The Bertz CT molecular complexity index is 1140. The third-order valence-corrected chi connectivity index (χ3v) is 4.46. The van der Waals surface area contributed by atoms with Gasteiger partial charge < -0.3 is 10.1 Å². The number of carbonyl (C=O) groups excluding carboxylic acids is 1. The van der Waals surface area contributed by atoms with Gasteiger partial charge in [0.2, 0.25) is 5.69 Å². The normalized spacial score (nSPS) is 10.8. The van der Waals surface area contributed by atoms with Gasteiger partial charge in [-0.2, -0.15) is 5.10 Å². The van der Waals surface area contributed by atoms with Crippen molar-refractivity contribution in [1.82, 2.24) is 20.4 Å². The van der Waals surface area contributed by atoms with Gasteiger partial charge in [0.05, 0.1) is 6.21 Å². The van der Waals surface area contributed by atoms with E-state index in [0.29, 0.717) is 6.54 Å². The summed E-state index contributed by atoms with van der Waals surface area (Å²) < 4.78 is 5.92. The van der Waals surface area contributed by atoms with Gasteiger partial charge in [0.25, 0.3) is 11.8 Å². The molecule has 4 aromatic rings. The molecule has 7 nitrogen and oxygen atoms in total. The lowest BCUT2D eigenvalue weighted by Crippen LogP contribution is -2.24. The Kier molecular flexibility index (Phi) is 6.45. The molecule has 0 radical (unpaired) electrons. The molecule has 1 N–H and O–H groups in total. The van der Waals surface area contributed by atoms with Crippen LogP contribution in [0.4, 0.5) is 0 Å². The second-order valence-electron chi connectivity index (χ2n) is 6.73. The summed E-state index contributed by atoms with van der Waals surface area (Å²) in [5.74, 6) is -0.199. The van der Waals surface area contributed by atoms with E-state index in [-0.39, 0.29) is 24.1 Å². The maximum atomic E-state index is 12.8. The van der Waals surface area contributed by atoms with E-state index in [2.05, 4.69) is 20.7 Å². The first kappa shape index (κ1) is 20.0. The molecule has 0 spiro atoms. The van der Waals surface area contributed by atoms with Crippen molar-refractivity contribution in [2.24, 2.45) is 5.10 Å². The number of nitrogens with zero attached hydrogens (tertiary/aromatic N) is 4.